The fraction of sp³-hybridized carbons (Fsp3) is 0.333. The van der Waals surface area contributed by atoms with Gasteiger partial charge >= 0.3 is 0 Å². The minimum atomic E-state index is 0.116. The molecule has 1 heterocycles. The molecule has 2 N–H and O–H groups in total. The fourth-order valence-electron chi connectivity index (χ4n) is 1.98. The summed E-state index contributed by atoms with van der Waals surface area (Å²) in [6.07, 6.45) is 0. The van der Waals surface area contributed by atoms with Crippen molar-refractivity contribution in [2.75, 3.05) is 14.1 Å². The van der Waals surface area contributed by atoms with E-state index < -0.39 is 0 Å². The highest BCUT2D eigenvalue weighted by Crippen LogP contribution is 2.33. The van der Waals surface area contributed by atoms with Gasteiger partial charge in [-0.05, 0) is 44.3 Å². The molecule has 0 spiro atoms. The number of thiophene rings is 1. The first-order valence-electron chi connectivity index (χ1n) is 6.16. The van der Waals surface area contributed by atoms with Crippen LogP contribution in [0.3, 0.4) is 0 Å². The molecule has 1 unspecified atom stereocenters. The molecule has 1 aromatic heterocycles. The van der Waals surface area contributed by atoms with E-state index in [0.29, 0.717) is 0 Å². The third kappa shape index (κ3) is 2.99. The minimum Gasteiger partial charge on any atom is -0.324 e. The van der Waals surface area contributed by atoms with Crippen molar-refractivity contribution in [1.82, 2.24) is 4.90 Å². The summed E-state index contributed by atoms with van der Waals surface area (Å²) in [6.45, 7) is 2.99. The van der Waals surface area contributed by atoms with Crippen molar-refractivity contribution in [2.45, 2.75) is 19.5 Å². The second-order valence-electron chi connectivity index (χ2n) is 4.89. The second-order valence-corrected chi connectivity index (χ2v) is 6.00. The van der Waals surface area contributed by atoms with E-state index in [1.54, 1.807) is 11.3 Å². The summed E-state index contributed by atoms with van der Waals surface area (Å²) in [7, 11) is 4.19. The van der Waals surface area contributed by atoms with E-state index in [9.17, 15) is 0 Å². The highest BCUT2D eigenvalue weighted by Gasteiger charge is 2.09. The Kier molecular flexibility index (Phi) is 4.17. The highest BCUT2D eigenvalue weighted by molar-refractivity contribution is 7.15. The molecule has 0 radical (unpaired) electrons. The number of rotatable bonds is 4. The summed E-state index contributed by atoms with van der Waals surface area (Å²) < 4.78 is 0. The molecule has 18 heavy (non-hydrogen) atoms. The Bertz CT molecular complexity index is 515. The Morgan fingerprint density at radius 3 is 2.50 bits per heavy atom. The van der Waals surface area contributed by atoms with E-state index in [2.05, 4.69) is 55.4 Å². The summed E-state index contributed by atoms with van der Waals surface area (Å²) in [6, 6.07) is 13.0. The molecule has 0 fully saturated rings. The molecular weight excluding hydrogens is 240 g/mol. The lowest BCUT2D eigenvalue weighted by molar-refractivity contribution is 0.403. The van der Waals surface area contributed by atoms with Gasteiger partial charge in [-0.3, -0.25) is 0 Å². The highest BCUT2D eigenvalue weighted by atomic mass is 32.1. The van der Waals surface area contributed by atoms with Crippen molar-refractivity contribution < 1.29 is 0 Å². The van der Waals surface area contributed by atoms with Gasteiger partial charge < -0.3 is 10.6 Å². The molecule has 0 aliphatic heterocycles. The van der Waals surface area contributed by atoms with Crippen LogP contribution in [0, 0.1) is 0 Å². The van der Waals surface area contributed by atoms with Gasteiger partial charge in [0.05, 0.1) is 0 Å². The van der Waals surface area contributed by atoms with Crippen molar-refractivity contribution >= 4 is 11.3 Å². The van der Waals surface area contributed by atoms with Crippen molar-refractivity contribution in [2.24, 2.45) is 5.73 Å². The van der Waals surface area contributed by atoms with Crippen molar-refractivity contribution in [1.29, 1.82) is 0 Å². The summed E-state index contributed by atoms with van der Waals surface area (Å²) in [5, 5.41) is 0. The topological polar surface area (TPSA) is 29.3 Å². The summed E-state index contributed by atoms with van der Waals surface area (Å²) >= 11 is 1.79. The zero-order valence-corrected chi connectivity index (χ0v) is 12.0. The molecule has 96 valence electrons. The molecule has 3 heteroatoms. The van der Waals surface area contributed by atoms with Gasteiger partial charge in [0.1, 0.15) is 0 Å². The molecule has 0 aliphatic rings. The Morgan fingerprint density at radius 1 is 1.17 bits per heavy atom. The van der Waals surface area contributed by atoms with Crippen LogP contribution in [0.4, 0.5) is 0 Å². The van der Waals surface area contributed by atoms with Crippen LogP contribution < -0.4 is 5.73 Å². The molecule has 2 rings (SSSR count). The Morgan fingerprint density at radius 2 is 1.89 bits per heavy atom. The first-order valence-corrected chi connectivity index (χ1v) is 6.98. The van der Waals surface area contributed by atoms with Gasteiger partial charge in [-0.1, -0.05) is 24.3 Å². The molecule has 2 nitrogen and oxygen atoms in total. The maximum absolute atomic E-state index is 5.93. The molecule has 0 saturated heterocycles. The first-order chi connectivity index (χ1) is 8.58. The Balaban J connectivity index is 2.36. The van der Waals surface area contributed by atoms with E-state index in [0.717, 1.165) is 6.54 Å². The molecule has 0 saturated carbocycles. The van der Waals surface area contributed by atoms with Gasteiger partial charge in [-0.2, -0.15) is 0 Å². The van der Waals surface area contributed by atoms with Crippen LogP contribution in [0.25, 0.3) is 10.4 Å². The standard InChI is InChI=1S/C15H20N2S/c1-11(16)14-8-9-15(18-14)13-7-5-4-6-12(13)10-17(2)3/h4-9,11H,10,16H2,1-3H3. The predicted octanol–water partition coefficient (Wildman–Crippen LogP) is 3.50. The maximum Gasteiger partial charge on any atom is 0.0361 e. The third-order valence-electron chi connectivity index (χ3n) is 2.84. The Labute approximate surface area is 113 Å². The average molecular weight is 260 g/mol. The van der Waals surface area contributed by atoms with Crippen LogP contribution in [0.5, 0.6) is 0 Å². The molecule has 0 aliphatic carbocycles. The van der Waals surface area contributed by atoms with Gasteiger partial charge in [0, 0.05) is 22.3 Å². The van der Waals surface area contributed by atoms with Crippen LogP contribution in [-0.4, -0.2) is 19.0 Å². The molecule has 2 aromatic rings. The quantitative estimate of drug-likeness (QED) is 0.911. The first kappa shape index (κ1) is 13.3. The molecule has 0 amide bonds. The van der Waals surface area contributed by atoms with Crippen LogP contribution in [0.15, 0.2) is 36.4 Å². The summed E-state index contributed by atoms with van der Waals surface area (Å²) in [5.74, 6) is 0. The normalized spacial score (nSPS) is 12.9. The van der Waals surface area contributed by atoms with E-state index in [1.165, 1.54) is 20.9 Å². The summed E-state index contributed by atoms with van der Waals surface area (Å²) in [4.78, 5) is 4.74. The van der Waals surface area contributed by atoms with E-state index in [1.807, 2.05) is 6.92 Å². The van der Waals surface area contributed by atoms with E-state index in [-0.39, 0.29) is 6.04 Å². The lowest BCUT2D eigenvalue weighted by Gasteiger charge is -2.13. The zero-order chi connectivity index (χ0) is 13.1. The van der Waals surface area contributed by atoms with Crippen LogP contribution in [-0.2, 0) is 6.54 Å². The molecule has 1 atom stereocenters. The zero-order valence-electron chi connectivity index (χ0n) is 11.2. The SMILES string of the molecule is CC(N)c1ccc(-c2ccccc2CN(C)C)s1. The lowest BCUT2D eigenvalue weighted by atomic mass is 10.1. The largest absolute Gasteiger partial charge is 0.324 e. The minimum absolute atomic E-state index is 0.116. The second kappa shape index (κ2) is 5.65. The maximum atomic E-state index is 5.93. The molecule has 0 bridgehead atoms. The van der Waals surface area contributed by atoms with Crippen molar-refractivity contribution in [3.8, 4) is 10.4 Å². The predicted molar refractivity (Wildman–Crippen MR) is 79.7 cm³/mol. The van der Waals surface area contributed by atoms with Gasteiger partial charge in [0.2, 0.25) is 0 Å². The lowest BCUT2D eigenvalue weighted by Crippen LogP contribution is -2.11. The van der Waals surface area contributed by atoms with Crippen molar-refractivity contribution in [3.63, 3.8) is 0 Å². The van der Waals surface area contributed by atoms with Crippen LogP contribution >= 0.6 is 11.3 Å². The molecule has 1 aromatic carbocycles. The smallest absolute Gasteiger partial charge is 0.0361 e. The monoisotopic (exact) mass is 260 g/mol. The average Bonchev–Trinajstić information content (AvgIpc) is 2.78. The Hall–Kier alpha value is -1.16. The summed E-state index contributed by atoms with van der Waals surface area (Å²) in [5.41, 5.74) is 8.61. The number of hydrogen-bond acceptors (Lipinski definition) is 3. The number of hydrogen-bond donors (Lipinski definition) is 1. The fourth-order valence-corrected chi connectivity index (χ4v) is 3.00. The van der Waals surface area contributed by atoms with Gasteiger partial charge in [-0.15, -0.1) is 11.3 Å². The van der Waals surface area contributed by atoms with Crippen LogP contribution in [0.2, 0.25) is 0 Å². The number of nitrogens with two attached hydrogens (primary N) is 1. The van der Waals surface area contributed by atoms with Gasteiger partial charge in [0.15, 0.2) is 0 Å². The van der Waals surface area contributed by atoms with E-state index >= 15 is 0 Å². The molecular formula is C15H20N2S. The number of nitrogens with zero attached hydrogens (tertiary/aromatic N) is 1. The van der Waals surface area contributed by atoms with Crippen molar-refractivity contribution in [3.05, 3.63) is 46.8 Å². The number of benzene rings is 1. The van der Waals surface area contributed by atoms with Gasteiger partial charge in [0.25, 0.3) is 0 Å². The van der Waals surface area contributed by atoms with Crippen LogP contribution in [0.1, 0.15) is 23.4 Å². The van der Waals surface area contributed by atoms with Gasteiger partial charge in [-0.25, -0.2) is 0 Å². The van der Waals surface area contributed by atoms with E-state index in [4.69, 9.17) is 5.73 Å². The third-order valence-corrected chi connectivity index (χ3v) is 4.16.